The minimum Gasteiger partial charge on any atom is -0.307 e. The molecule has 0 amide bonds. The number of aromatic nitrogens is 1. The number of aryl methyl sites for hydroxylation is 1. The van der Waals surface area contributed by atoms with E-state index in [2.05, 4.69) is 52.9 Å². The summed E-state index contributed by atoms with van der Waals surface area (Å²) in [5.74, 6) is 0. The average Bonchev–Trinajstić information content (AvgIpc) is 2.85. The largest absolute Gasteiger partial charge is 0.307 e. The van der Waals surface area contributed by atoms with Crippen LogP contribution in [-0.4, -0.2) is 4.98 Å². The Morgan fingerprint density at radius 2 is 2.00 bits per heavy atom. The topological polar surface area (TPSA) is 24.9 Å². The lowest BCUT2D eigenvalue weighted by atomic mass is 10.1. The molecule has 0 saturated heterocycles. The highest BCUT2D eigenvalue weighted by Gasteiger charge is 2.03. The number of nitrogens with one attached hydrogen (secondary N) is 1. The van der Waals surface area contributed by atoms with Gasteiger partial charge in [-0.25, -0.2) is 0 Å². The first-order chi connectivity index (χ1) is 9.34. The van der Waals surface area contributed by atoms with Crippen molar-refractivity contribution in [1.29, 1.82) is 0 Å². The van der Waals surface area contributed by atoms with E-state index >= 15 is 0 Å². The molecule has 3 heteroatoms. The standard InChI is InChI=1S/C16H16N2S/c1-12-5-4-8-18-15(12)10-17-9-13-11-19-16-7-3-2-6-14(13)16/h2-8,11,17H,9-10H2,1H3. The molecule has 0 aliphatic carbocycles. The molecule has 0 saturated carbocycles. The third kappa shape index (κ3) is 2.67. The number of thiophene rings is 1. The van der Waals surface area contributed by atoms with Gasteiger partial charge in [0.05, 0.1) is 5.69 Å². The highest BCUT2D eigenvalue weighted by Crippen LogP contribution is 2.25. The normalized spacial score (nSPS) is 11.0. The summed E-state index contributed by atoms with van der Waals surface area (Å²) in [5.41, 5.74) is 3.74. The highest BCUT2D eigenvalue weighted by atomic mass is 32.1. The lowest BCUT2D eigenvalue weighted by Gasteiger charge is -2.06. The van der Waals surface area contributed by atoms with Crippen LogP contribution in [0.2, 0.25) is 0 Å². The number of benzene rings is 1. The molecule has 0 fully saturated rings. The molecule has 2 aromatic heterocycles. The summed E-state index contributed by atoms with van der Waals surface area (Å²) < 4.78 is 1.35. The van der Waals surface area contributed by atoms with Crippen LogP contribution in [0, 0.1) is 6.92 Å². The summed E-state index contributed by atoms with van der Waals surface area (Å²) in [6, 6.07) is 12.6. The Labute approximate surface area is 117 Å². The van der Waals surface area contributed by atoms with E-state index in [1.165, 1.54) is 21.2 Å². The molecular weight excluding hydrogens is 252 g/mol. The highest BCUT2D eigenvalue weighted by molar-refractivity contribution is 7.17. The molecule has 3 rings (SSSR count). The van der Waals surface area contributed by atoms with E-state index in [0.29, 0.717) is 0 Å². The minimum absolute atomic E-state index is 0.816. The van der Waals surface area contributed by atoms with E-state index in [4.69, 9.17) is 0 Å². The maximum Gasteiger partial charge on any atom is 0.0570 e. The SMILES string of the molecule is Cc1cccnc1CNCc1csc2ccccc12. The zero-order valence-corrected chi connectivity index (χ0v) is 11.7. The van der Waals surface area contributed by atoms with Crippen molar-refractivity contribution in [3.8, 4) is 0 Å². The minimum atomic E-state index is 0.816. The predicted octanol–water partition coefficient (Wildman–Crippen LogP) is 3.89. The molecular formula is C16H16N2S. The van der Waals surface area contributed by atoms with Crippen LogP contribution in [0.15, 0.2) is 48.0 Å². The third-order valence-corrected chi connectivity index (χ3v) is 4.30. The van der Waals surface area contributed by atoms with Crippen LogP contribution in [0.5, 0.6) is 0 Å². The van der Waals surface area contributed by atoms with E-state index in [9.17, 15) is 0 Å². The fourth-order valence-corrected chi connectivity index (χ4v) is 3.15. The van der Waals surface area contributed by atoms with Gasteiger partial charge < -0.3 is 5.32 Å². The van der Waals surface area contributed by atoms with Gasteiger partial charge in [0.15, 0.2) is 0 Å². The third-order valence-electron chi connectivity index (χ3n) is 3.29. The van der Waals surface area contributed by atoms with Gasteiger partial charge >= 0.3 is 0 Å². The fraction of sp³-hybridized carbons (Fsp3) is 0.188. The van der Waals surface area contributed by atoms with Crippen LogP contribution in [0.3, 0.4) is 0 Å². The predicted molar refractivity (Wildman–Crippen MR) is 81.3 cm³/mol. The molecule has 1 aromatic carbocycles. The molecule has 96 valence electrons. The van der Waals surface area contributed by atoms with Crippen molar-refractivity contribution in [3.05, 3.63) is 64.8 Å². The molecule has 0 unspecified atom stereocenters. The Morgan fingerprint density at radius 3 is 2.89 bits per heavy atom. The molecule has 19 heavy (non-hydrogen) atoms. The fourth-order valence-electron chi connectivity index (χ4n) is 2.19. The van der Waals surface area contributed by atoms with Gasteiger partial charge in [-0.05, 0) is 40.9 Å². The first kappa shape index (κ1) is 12.3. The van der Waals surface area contributed by atoms with Crippen molar-refractivity contribution in [1.82, 2.24) is 10.3 Å². The van der Waals surface area contributed by atoms with Gasteiger partial charge in [-0.1, -0.05) is 24.3 Å². The second-order valence-electron chi connectivity index (χ2n) is 4.63. The summed E-state index contributed by atoms with van der Waals surface area (Å²) in [6.45, 7) is 3.81. The van der Waals surface area contributed by atoms with Crippen LogP contribution in [0.1, 0.15) is 16.8 Å². The molecule has 1 N–H and O–H groups in total. The smallest absolute Gasteiger partial charge is 0.0570 e. The molecule has 3 aromatic rings. The number of hydrogen-bond donors (Lipinski definition) is 1. The molecule has 0 spiro atoms. The molecule has 0 atom stereocenters. The van der Waals surface area contributed by atoms with Crippen molar-refractivity contribution < 1.29 is 0 Å². The van der Waals surface area contributed by atoms with E-state index in [1.54, 1.807) is 0 Å². The Morgan fingerprint density at radius 1 is 1.11 bits per heavy atom. The summed E-state index contributed by atoms with van der Waals surface area (Å²) in [7, 11) is 0. The first-order valence-electron chi connectivity index (χ1n) is 6.41. The Bertz CT molecular complexity index is 688. The number of pyridine rings is 1. The number of rotatable bonds is 4. The van der Waals surface area contributed by atoms with Crippen molar-refractivity contribution >= 4 is 21.4 Å². The van der Waals surface area contributed by atoms with Crippen molar-refractivity contribution in [2.24, 2.45) is 0 Å². The maximum atomic E-state index is 4.40. The molecule has 0 radical (unpaired) electrons. The van der Waals surface area contributed by atoms with Gasteiger partial charge in [0.1, 0.15) is 0 Å². The van der Waals surface area contributed by atoms with Gasteiger partial charge in [0, 0.05) is 24.0 Å². The summed E-state index contributed by atoms with van der Waals surface area (Å²) in [6.07, 6.45) is 1.85. The second-order valence-corrected chi connectivity index (χ2v) is 5.54. The lowest BCUT2D eigenvalue weighted by molar-refractivity contribution is 0.680. The average molecular weight is 268 g/mol. The maximum absolute atomic E-state index is 4.40. The zero-order chi connectivity index (χ0) is 13.1. The van der Waals surface area contributed by atoms with Gasteiger partial charge in [0.25, 0.3) is 0 Å². The summed E-state index contributed by atoms with van der Waals surface area (Å²) >= 11 is 1.81. The van der Waals surface area contributed by atoms with E-state index in [1.807, 2.05) is 23.6 Å². The Kier molecular flexibility index (Phi) is 3.58. The Hall–Kier alpha value is -1.71. The van der Waals surface area contributed by atoms with E-state index in [-0.39, 0.29) is 0 Å². The molecule has 2 heterocycles. The number of hydrogen-bond acceptors (Lipinski definition) is 3. The number of nitrogens with zero attached hydrogens (tertiary/aromatic N) is 1. The van der Waals surface area contributed by atoms with Crippen LogP contribution < -0.4 is 5.32 Å². The molecule has 0 bridgehead atoms. The van der Waals surface area contributed by atoms with E-state index in [0.717, 1.165) is 18.8 Å². The van der Waals surface area contributed by atoms with Crippen LogP contribution >= 0.6 is 11.3 Å². The number of fused-ring (bicyclic) bond motifs is 1. The second kappa shape index (κ2) is 5.51. The van der Waals surface area contributed by atoms with Gasteiger partial charge in [-0.2, -0.15) is 0 Å². The summed E-state index contributed by atoms with van der Waals surface area (Å²) in [4.78, 5) is 4.40. The Balaban J connectivity index is 1.68. The van der Waals surface area contributed by atoms with Crippen molar-refractivity contribution in [3.63, 3.8) is 0 Å². The van der Waals surface area contributed by atoms with Gasteiger partial charge in [-0.15, -0.1) is 11.3 Å². The van der Waals surface area contributed by atoms with E-state index < -0.39 is 0 Å². The quantitative estimate of drug-likeness (QED) is 0.776. The van der Waals surface area contributed by atoms with Crippen LogP contribution in [-0.2, 0) is 13.1 Å². The van der Waals surface area contributed by atoms with Gasteiger partial charge in [0.2, 0.25) is 0 Å². The van der Waals surface area contributed by atoms with Crippen LogP contribution in [0.25, 0.3) is 10.1 Å². The first-order valence-corrected chi connectivity index (χ1v) is 7.29. The molecule has 0 aliphatic rings. The monoisotopic (exact) mass is 268 g/mol. The van der Waals surface area contributed by atoms with Crippen LogP contribution in [0.4, 0.5) is 0 Å². The van der Waals surface area contributed by atoms with Crippen molar-refractivity contribution in [2.45, 2.75) is 20.0 Å². The zero-order valence-electron chi connectivity index (χ0n) is 10.9. The summed E-state index contributed by atoms with van der Waals surface area (Å²) in [5, 5.41) is 7.08. The lowest BCUT2D eigenvalue weighted by Crippen LogP contribution is -2.14. The molecule has 2 nitrogen and oxygen atoms in total. The van der Waals surface area contributed by atoms with Crippen molar-refractivity contribution in [2.75, 3.05) is 0 Å². The molecule has 0 aliphatic heterocycles. The van der Waals surface area contributed by atoms with Gasteiger partial charge in [-0.3, -0.25) is 4.98 Å².